The van der Waals surface area contributed by atoms with E-state index in [-0.39, 0.29) is 11.5 Å². The Morgan fingerprint density at radius 1 is 0.857 bits per heavy atom. The second kappa shape index (κ2) is 9.44. The van der Waals surface area contributed by atoms with Crippen molar-refractivity contribution in [3.8, 4) is 22.6 Å². The minimum Gasteiger partial charge on any atom is -0.478 e. The maximum Gasteiger partial charge on any atom is 0.336 e. The summed E-state index contributed by atoms with van der Waals surface area (Å²) in [5.74, 6) is -0.674. The van der Waals surface area contributed by atoms with E-state index in [0.29, 0.717) is 39.2 Å². The fourth-order valence-electron chi connectivity index (χ4n) is 3.79. The fourth-order valence-corrected chi connectivity index (χ4v) is 3.79. The number of fused-ring (bicyclic) bond motifs is 1. The Morgan fingerprint density at radius 3 is 2.43 bits per heavy atom. The number of carbonyl (C=O) groups is 2. The molecule has 7 heteroatoms. The number of benzene rings is 3. The molecule has 0 atom stereocenters. The highest BCUT2D eigenvalue weighted by Gasteiger charge is 2.15. The number of amides is 1. The molecule has 2 aromatic heterocycles. The highest BCUT2D eigenvalue weighted by molar-refractivity contribution is 6.07. The highest BCUT2D eigenvalue weighted by atomic mass is 16.4. The number of rotatable bonds is 6. The van der Waals surface area contributed by atoms with Gasteiger partial charge in [-0.15, -0.1) is 0 Å². The number of hydrazone groups is 1. The van der Waals surface area contributed by atoms with Crippen molar-refractivity contribution >= 4 is 29.0 Å². The predicted molar refractivity (Wildman–Crippen MR) is 133 cm³/mol. The first-order chi connectivity index (χ1) is 17.1. The molecule has 5 rings (SSSR count). The Kier molecular flexibility index (Phi) is 5.88. The fraction of sp³-hybridized carbons (Fsp3) is 0. The van der Waals surface area contributed by atoms with Crippen LogP contribution in [0.5, 0.6) is 0 Å². The summed E-state index contributed by atoms with van der Waals surface area (Å²) in [7, 11) is 0. The van der Waals surface area contributed by atoms with Crippen LogP contribution >= 0.6 is 0 Å². The third-order valence-corrected chi connectivity index (χ3v) is 5.44. The molecule has 3 aromatic carbocycles. The van der Waals surface area contributed by atoms with Crippen molar-refractivity contribution in [2.75, 3.05) is 0 Å². The highest BCUT2D eigenvalue weighted by Crippen LogP contribution is 2.26. The van der Waals surface area contributed by atoms with Crippen LogP contribution in [0.15, 0.2) is 107 Å². The van der Waals surface area contributed by atoms with Crippen molar-refractivity contribution in [1.82, 2.24) is 10.4 Å². The van der Waals surface area contributed by atoms with E-state index in [9.17, 15) is 14.7 Å². The molecule has 170 valence electrons. The van der Waals surface area contributed by atoms with Crippen molar-refractivity contribution in [1.29, 1.82) is 0 Å². The molecule has 0 fully saturated rings. The van der Waals surface area contributed by atoms with Crippen LogP contribution in [0.25, 0.3) is 33.5 Å². The maximum absolute atomic E-state index is 13.0. The Balaban J connectivity index is 1.39. The third kappa shape index (κ3) is 4.56. The number of carbonyl (C=O) groups excluding carboxylic acids is 1. The number of carboxylic acids is 1. The lowest BCUT2D eigenvalue weighted by Gasteiger charge is -2.09. The van der Waals surface area contributed by atoms with Crippen molar-refractivity contribution < 1.29 is 19.1 Å². The summed E-state index contributed by atoms with van der Waals surface area (Å²) in [5.41, 5.74) is 5.88. The quantitative estimate of drug-likeness (QED) is 0.252. The summed E-state index contributed by atoms with van der Waals surface area (Å²) < 4.78 is 5.72. The molecule has 2 N–H and O–H groups in total. The monoisotopic (exact) mass is 461 g/mol. The average molecular weight is 461 g/mol. The van der Waals surface area contributed by atoms with E-state index in [2.05, 4.69) is 10.5 Å². The predicted octanol–water partition coefficient (Wildman–Crippen LogP) is 5.62. The van der Waals surface area contributed by atoms with Gasteiger partial charge in [-0.05, 0) is 30.3 Å². The minimum absolute atomic E-state index is 0.137. The van der Waals surface area contributed by atoms with Gasteiger partial charge >= 0.3 is 5.97 Å². The number of hydrogen-bond acceptors (Lipinski definition) is 5. The number of para-hydroxylation sites is 1. The van der Waals surface area contributed by atoms with E-state index >= 15 is 0 Å². The first-order valence-electron chi connectivity index (χ1n) is 10.8. The first kappa shape index (κ1) is 21.8. The molecule has 0 spiro atoms. The molecular formula is C28H19N3O4. The first-order valence-corrected chi connectivity index (χ1v) is 10.8. The van der Waals surface area contributed by atoms with E-state index in [1.807, 2.05) is 54.6 Å². The number of nitrogens with one attached hydrogen (secondary N) is 1. The standard InChI is InChI=1S/C28H19N3O4/c32-27(23-16-25(18-8-2-1-3-9-18)30-24-13-7-6-10-20(23)24)31-29-17-19-14-15-26(35-19)21-11-4-5-12-22(21)28(33)34/h1-17H,(H,31,32)(H,33,34)/b29-17+. The molecule has 0 radical (unpaired) electrons. The zero-order chi connectivity index (χ0) is 24.2. The average Bonchev–Trinajstić information content (AvgIpc) is 3.37. The summed E-state index contributed by atoms with van der Waals surface area (Å²) >= 11 is 0. The maximum atomic E-state index is 13.0. The van der Waals surface area contributed by atoms with Gasteiger partial charge in [-0.3, -0.25) is 4.79 Å². The number of carboxylic acid groups (broad SMARTS) is 1. The Morgan fingerprint density at radius 2 is 1.60 bits per heavy atom. The summed E-state index contributed by atoms with van der Waals surface area (Å²) in [5, 5.41) is 14.1. The molecule has 0 aliphatic heterocycles. The van der Waals surface area contributed by atoms with Gasteiger partial charge in [0.1, 0.15) is 11.5 Å². The molecular weight excluding hydrogens is 442 g/mol. The zero-order valence-corrected chi connectivity index (χ0v) is 18.4. The largest absolute Gasteiger partial charge is 0.478 e. The van der Waals surface area contributed by atoms with Crippen LogP contribution < -0.4 is 5.43 Å². The zero-order valence-electron chi connectivity index (χ0n) is 18.4. The van der Waals surface area contributed by atoms with Crippen LogP contribution in [0.1, 0.15) is 26.5 Å². The molecule has 0 aliphatic rings. The smallest absolute Gasteiger partial charge is 0.336 e. The van der Waals surface area contributed by atoms with Crippen LogP contribution in [-0.4, -0.2) is 28.2 Å². The van der Waals surface area contributed by atoms with E-state index < -0.39 is 5.97 Å². The number of nitrogens with zero attached hydrogens (tertiary/aromatic N) is 2. The number of pyridine rings is 1. The van der Waals surface area contributed by atoms with Gasteiger partial charge in [-0.25, -0.2) is 15.2 Å². The van der Waals surface area contributed by atoms with Crippen molar-refractivity contribution in [2.45, 2.75) is 0 Å². The Bertz CT molecular complexity index is 1570. The van der Waals surface area contributed by atoms with E-state index in [1.165, 1.54) is 12.3 Å². The van der Waals surface area contributed by atoms with Gasteiger partial charge in [0.25, 0.3) is 5.91 Å². The molecule has 0 aliphatic carbocycles. The van der Waals surface area contributed by atoms with Crippen LogP contribution in [0.4, 0.5) is 0 Å². The van der Waals surface area contributed by atoms with E-state index in [0.717, 1.165) is 5.56 Å². The SMILES string of the molecule is O=C(O)c1ccccc1-c1ccc(/C=N/NC(=O)c2cc(-c3ccccc3)nc3ccccc23)o1. The second-order valence-electron chi connectivity index (χ2n) is 7.69. The Hall–Kier alpha value is -5.04. The van der Waals surface area contributed by atoms with Crippen molar-refractivity contribution in [3.05, 3.63) is 114 Å². The molecule has 1 amide bonds. The number of furan rings is 1. The number of hydrogen-bond donors (Lipinski definition) is 2. The summed E-state index contributed by atoms with van der Waals surface area (Å²) in [6.45, 7) is 0. The number of aromatic nitrogens is 1. The summed E-state index contributed by atoms with van der Waals surface area (Å²) in [6, 6.07) is 28.7. The molecule has 7 nitrogen and oxygen atoms in total. The summed E-state index contributed by atoms with van der Waals surface area (Å²) in [6.07, 6.45) is 1.37. The van der Waals surface area contributed by atoms with Crippen LogP contribution in [0.2, 0.25) is 0 Å². The normalized spacial score (nSPS) is 11.1. The number of aromatic carboxylic acids is 1. The Labute approximate surface area is 200 Å². The molecule has 35 heavy (non-hydrogen) atoms. The van der Waals surface area contributed by atoms with Gasteiger partial charge in [0.15, 0.2) is 0 Å². The van der Waals surface area contributed by atoms with Gasteiger partial charge in [0, 0.05) is 16.5 Å². The topological polar surface area (TPSA) is 105 Å². The van der Waals surface area contributed by atoms with Gasteiger partial charge in [-0.2, -0.15) is 5.10 Å². The summed E-state index contributed by atoms with van der Waals surface area (Å²) in [4.78, 5) is 29.2. The van der Waals surface area contributed by atoms with Crippen LogP contribution in [0.3, 0.4) is 0 Å². The van der Waals surface area contributed by atoms with Crippen molar-refractivity contribution in [3.63, 3.8) is 0 Å². The van der Waals surface area contributed by atoms with Crippen LogP contribution in [-0.2, 0) is 0 Å². The molecule has 0 saturated carbocycles. The van der Waals surface area contributed by atoms with Gasteiger partial charge < -0.3 is 9.52 Å². The molecule has 0 saturated heterocycles. The van der Waals surface area contributed by atoms with Crippen molar-refractivity contribution in [2.24, 2.45) is 5.10 Å². The molecule has 5 aromatic rings. The van der Waals surface area contributed by atoms with E-state index in [4.69, 9.17) is 9.40 Å². The van der Waals surface area contributed by atoms with E-state index in [1.54, 1.807) is 36.4 Å². The van der Waals surface area contributed by atoms with Gasteiger partial charge in [0.2, 0.25) is 0 Å². The van der Waals surface area contributed by atoms with Crippen LogP contribution in [0, 0.1) is 0 Å². The minimum atomic E-state index is -1.04. The molecule has 2 heterocycles. The molecule has 0 bridgehead atoms. The lowest BCUT2D eigenvalue weighted by molar-refractivity contribution is 0.0697. The third-order valence-electron chi connectivity index (χ3n) is 5.44. The molecule has 0 unspecified atom stereocenters. The van der Waals surface area contributed by atoms with Gasteiger partial charge in [-0.1, -0.05) is 66.7 Å². The van der Waals surface area contributed by atoms with Gasteiger partial charge in [0.05, 0.1) is 28.6 Å². The lowest BCUT2D eigenvalue weighted by atomic mass is 10.0. The second-order valence-corrected chi connectivity index (χ2v) is 7.69. The lowest BCUT2D eigenvalue weighted by Crippen LogP contribution is -2.18.